The van der Waals surface area contributed by atoms with E-state index in [1.807, 2.05) is 36.6 Å². The van der Waals surface area contributed by atoms with Crippen molar-refractivity contribution in [3.05, 3.63) is 47.0 Å². The molecule has 0 spiro atoms. The largest absolute Gasteiger partial charge is 0.363 e. The number of thioether (sulfide) groups is 1. The number of hydrogen-bond acceptors (Lipinski definition) is 3. The van der Waals surface area contributed by atoms with E-state index >= 15 is 0 Å². The van der Waals surface area contributed by atoms with Gasteiger partial charge in [0.1, 0.15) is 0 Å². The number of benzene rings is 1. The fourth-order valence-corrected chi connectivity index (χ4v) is 2.01. The number of nitrogens with zero attached hydrogens (tertiary/aromatic N) is 1. The molecule has 1 aliphatic rings. The number of ketones is 1. The minimum Gasteiger partial charge on any atom is -0.363 e. The van der Waals surface area contributed by atoms with Gasteiger partial charge in [0.25, 0.3) is 0 Å². The van der Waals surface area contributed by atoms with E-state index in [-0.39, 0.29) is 5.78 Å². The van der Waals surface area contributed by atoms with E-state index in [2.05, 4.69) is 4.90 Å². The summed E-state index contributed by atoms with van der Waals surface area (Å²) >= 11 is 1.63. The highest BCUT2D eigenvalue weighted by atomic mass is 32.2. The Balaban J connectivity index is 2.14. The van der Waals surface area contributed by atoms with Crippen LogP contribution in [-0.2, 0) is 0 Å². The molecule has 0 aromatic heterocycles. The second kappa shape index (κ2) is 4.53. The summed E-state index contributed by atoms with van der Waals surface area (Å²) in [6.07, 6.45) is 3.73. The van der Waals surface area contributed by atoms with E-state index in [1.54, 1.807) is 17.8 Å². The Bertz CT molecular complexity index is 382. The Morgan fingerprint density at radius 1 is 1.33 bits per heavy atom. The van der Waals surface area contributed by atoms with Gasteiger partial charge < -0.3 is 4.90 Å². The third kappa shape index (κ3) is 2.63. The minimum atomic E-state index is 0.0897. The molecule has 15 heavy (non-hydrogen) atoms. The lowest BCUT2D eigenvalue weighted by molar-refractivity contribution is 0.104. The monoisotopic (exact) mass is 219 g/mol. The highest BCUT2D eigenvalue weighted by Gasteiger charge is 2.20. The quantitative estimate of drug-likeness (QED) is 0.440. The van der Waals surface area contributed by atoms with Crippen LogP contribution in [-0.4, -0.2) is 30.0 Å². The van der Waals surface area contributed by atoms with Crippen molar-refractivity contribution in [2.24, 2.45) is 0 Å². The molecule has 0 saturated carbocycles. The predicted octanol–water partition coefficient (Wildman–Crippen LogP) is 2.39. The molecule has 1 aliphatic heterocycles. The van der Waals surface area contributed by atoms with Crippen LogP contribution in [0.15, 0.2) is 41.4 Å². The molecule has 78 valence electrons. The average molecular weight is 219 g/mol. The van der Waals surface area contributed by atoms with Gasteiger partial charge in [-0.05, 0) is 6.26 Å². The normalized spacial score (nSPS) is 15.3. The zero-order chi connectivity index (χ0) is 10.7. The van der Waals surface area contributed by atoms with Crippen molar-refractivity contribution < 1.29 is 4.79 Å². The van der Waals surface area contributed by atoms with Gasteiger partial charge in [-0.1, -0.05) is 30.3 Å². The van der Waals surface area contributed by atoms with Crippen molar-refractivity contribution in [1.29, 1.82) is 0 Å². The molecule has 1 saturated heterocycles. The third-order valence-electron chi connectivity index (χ3n) is 2.28. The molecule has 1 heterocycles. The average Bonchev–Trinajstić information content (AvgIpc) is 3.10. The first kappa shape index (κ1) is 10.3. The summed E-state index contributed by atoms with van der Waals surface area (Å²) in [6.45, 7) is 2.16. The van der Waals surface area contributed by atoms with Crippen molar-refractivity contribution in [2.45, 2.75) is 0 Å². The first-order chi connectivity index (χ1) is 7.31. The highest BCUT2D eigenvalue weighted by Crippen LogP contribution is 2.24. The van der Waals surface area contributed by atoms with Crippen molar-refractivity contribution in [2.75, 3.05) is 19.3 Å². The van der Waals surface area contributed by atoms with Crippen molar-refractivity contribution >= 4 is 17.5 Å². The lowest BCUT2D eigenvalue weighted by Crippen LogP contribution is -1.99. The molecule has 0 bridgehead atoms. The molecule has 0 radical (unpaired) electrons. The summed E-state index contributed by atoms with van der Waals surface area (Å²) in [5, 5.41) is 1.07. The molecule has 1 aromatic carbocycles. The smallest absolute Gasteiger partial charge is 0.188 e. The molecular formula is C12H13NOS. The maximum Gasteiger partial charge on any atom is 0.188 e. The van der Waals surface area contributed by atoms with Crippen LogP contribution < -0.4 is 0 Å². The second-order valence-corrected chi connectivity index (χ2v) is 4.23. The summed E-state index contributed by atoms with van der Waals surface area (Å²) < 4.78 is 0. The Hall–Kier alpha value is -1.22. The van der Waals surface area contributed by atoms with Crippen LogP contribution in [0.2, 0.25) is 0 Å². The second-order valence-electron chi connectivity index (χ2n) is 3.40. The van der Waals surface area contributed by atoms with Gasteiger partial charge in [0.05, 0.1) is 5.03 Å². The molecule has 0 aliphatic carbocycles. The Morgan fingerprint density at radius 3 is 2.53 bits per heavy atom. The SMILES string of the molecule is CS/C(=C\C(=O)c1ccccc1)N1CC1. The summed E-state index contributed by atoms with van der Waals surface area (Å²) in [4.78, 5) is 14.0. The Labute approximate surface area is 94.0 Å². The number of carbonyl (C=O) groups excluding carboxylic acids is 1. The maximum atomic E-state index is 11.8. The van der Waals surface area contributed by atoms with Crippen LogP contribution in [0.4, 0.5) is 0 Å². The van der Waals surface area contributed by atoms with Gasteiger partial charge in [0.2, 0.25) is 0 Å². The predicted molar refractivity (Wildman–Crippen MR) is 63.9 cm³/mol. The van der Waals surface area contributed by atoms with E-state index < -0.39 is 0 Å². The summed E-state index contributed by atoms with van der Waals surface area (Å²) in [7, 11) is 0. The Morgan fingerprint density at radius 2 is 2.00 bits per heavy atom. The molecule has 1 aromatic rings. The molecular weight excluding hydrogens is 206 g/mol. The number of allylic oxidation sites excluding steroid dienone is 1. The summed E-state index contributed by atoms with van der Waals surface area (Å²) in [5.41, 5.74) is 0.755. The van der Waals surface area contributed by atoms with E-state index in [0.717, 1.165) is 23.7 Å². The highest BCUT2D eigenvalue weighted by molar-refractivity contribution is 8.02. The third-order valence-corrected chi connectivity index (χ3v) is 3.08. The number of hydrogen-bond donors (Lipinski definition) is 0. The molecule has 2 nitrogen and oxygen atoms in total. The van der Waals surface area contributed by atoms with Crippen LogP contribution in [0.3, 0.4) is 0 Å². The van der Waals surface area contributed by atoms with E-state index in [0.29, 0.717) is 0 Å². The van der Waals surface area contributed by atoms with E-state index in [9.17, 15) is 4.79 Å². The molecule has 0 N–H and O–H groups in total. The lowest BCUT2D eigenvalue weighted by atomic mass is 10.1. The van der Waals surface area contributed by atoms with Gasteiger partial charge in [-0.25, -0.2) is 0 Å². The van der Waals surface area contributed by atoms with Gasteiger partial charge in [-0.3, -0.25) is 4.79 Å². The molecule has 0 unspecified atom stereocenters. The Kier molecular flexibility index (Phi) is 3.11. The maximum absolute atomic E-state index is 11.8. The van der Waals surface area contributed by atoms with Gasteiger partial charge in [-0.15, -0.1) is 11.8 Å². The van der Waals surface area contributed by atoms with E-state index in [4.69, 9.17) is 0 Å². The van der Waals surface area contributed by atoms with Gasteiger partial charge in [-0.2, -0.15) is 0 Å². The zero-order valence-electron chi connectivity index (χ0n) is 8.64. The number of carbonyl (C=O) groups is 1. The van der Waals surface area contributed by atoms with Crippen molar-refractivity contribution in [1.82, 2.24) is 4.90 Å². The fraction of sp³-hybridized carbons (Fsp3) is 0.250. The number of rotatable bonds is 4. The summed E-state index contributed by atoms with van der Waals surface area (Å²) in [6, 6.07) is 9.38. The van der Waals surface area contributed by atoms with Crippen LogP contribution in [0.1, 0.15) is 10.4 Å². The zero-order valence-corrected chi connectivity index (χ0v) is 9.46. The van der Waals surface area contributed by atoms with Crippen LogP contribution >= 0.6 is 11.8 Å². The lowest BCUT2D eigenvalue weighted by Gasteiger charge is -2.04. The van der Waals surface area contributed by atoms with Gasteiger partial charge in [0.15, 0.2) is 5.78 Å². The molecule has 0 atom stereocenters. The van der Waals surface area contributed by atoms with E-state index in [1.165, 1.54) is 0 Å². The van der Waals surface area contributed by atoms with Crippen LogP contribution in [0.5, 0.6) is 0 Å². The molecule has 1 fully saturated rings. The first-order valence-electron chi connectivity index (χ1n) is 4.91. The standard InChI is InChI=1S/C12H13NOS/c1-15-12(13-7-8-13)9-11(14)10-5-3-2-4-6-10/h2-6,9H,7-8H2,1H3/b12-9-. The molecule has 0 amide bonds. The first-order valence-corrected chi connectivity index (χ1v) is 6.14. The van der Waals surface area contributed by atoms with Crippen LogP contribution in [0, 0.1) is 0 Å². The van der Waals surface area contributed by atoms with Crippen LogP contribution in [0.25, 0.3) is 0 Å². The fourth-order valence-electron chi connectivity index (χ4n) is 1.35. The van der Waals surface area contributed by atoms with Crippen molar-refractivity contribution in [3.63, 3.8) is 0 Å². The van der Waals surface area contributed by atoms with Crippen molar-refractivity contribution in [3.8, 4) is 0 Å². The van der Waals surface area contributed by atoms with Gasteiger partial charge >= 0.3 is 0 Å². The minimum absolute atomic E-state index is 0.0897. The van der Waals surface area contributed by atoms with Gasteiger partial charge in [0, 0.05) is 24.7 Å². The molecule has 3 heteroatoms. The summed E-state index contributed by atoms with van der Waals surface area (Å²) in [5.74, 6) is 0.0897. The molecule has 2 rings (SSSR count). The topological polar surface area (TPSA) is 20.1 Å².